The third-order valence-electron chi connectivity index (χ3n) is 2.92. The fraction of sp³-hybridized carbons (Fsp3) is 0.133. The Bertz CT molecular complexity index is 683. The molecule has 0 spiro atoms. The fourth-order valence-electron chi connectivity index (χ4n) is 1.86. The standard InChI is InChI=1S/C15H16N4O2/c1-10-5-13(9-17-7-10)15(20)18-8-11-3-2-4-12(6-11)14(16)19-21/h2-7,9,21H,8H2,1H3,(H2,16,19)(H,18,20). The topological polar surface area (TPSA) is 101 Å². The van der Waals surface area contributed by atoms with Gasteiger partial charge in [0, 0.05) is 24.5 Å². The Hall–Kier alpha value is -2.89. The minimum absolute atomic E-state index is 0.0334. The van der Waals surface area contributed by atoms with Gasteiger partial charge >= 0.3 is 0 Å². The molecule has 0 unspecified atom stereocenters. The van der Waals surface area contributed by atoms with Crippen LogP contribution in [-0.4, -0.2) is 21.9 Å². The molecule has 0 saturated heterocycles. The van der Waals surface area contributed by atoms with Crippen LogP contribution < -0.4 is 11.1 Å². The van der Waals surface area contributed by atoms with Crippen molar-refractivity contribution < 1.29 is 10.0 Å². The number of amides is 1. The first-order valence-corrected chi connectivity index (χ1v) is 6.37. The molecule has 1 aromatic carbocycles. The number of aromatic nitrogens is 1. The molecule has 4 N–H and O–H groups in total. The molecule has 1 heterocycles. The van der Waals surface area contributed by atoms with Gasteiger partial charge in [-0.25, -0.2) is 0 Å². The summed E-state index contributed by atoms with van der Waals surface area (Å²) in [5.41, 5.74) is 8.43. The molecule has 0 saturated carbocycles. The summed E-state index contributed by atoms with van der Waals surface area (Å²) in [7, 11) is 0. The Labute approximate surface area is 122 Å². The van der Waals surface area contributed by atoms with Gasteiger partial charge in [-0.15, -0.1) is 0 Å². The summed E-state index contributed by atoms with van der Waals surface area (Å²) in [6.07, 6.45) is 3.21. The highest BCUT2D eigenvalue weighted by Crippen LogP contribution is 2.06. The number of nitrogens with one attached hydrogen (secondary N) is 1. The van der Waals surface area contributed by atoms with Crippen molar-refractivity contribution in [2.75, 3.05) is 0 Å². The van der Waals surface area contributed by atoms with E-state index in [-0.39, 0.29) is 11.7 Å². The van der Waals surface area contributed by atoms with Crippen LogP contribution in [0, 0.1) is 6.92 Å². The second-order valence-electron chi connectivity index (χ2n) is 4.62. The Morgan fingerprint density at radius 3 is 2.86 bits per heavy atom. The predicted molar refractivity (Wildman–Crippen MR) is 79.1 cm³/mol. The first kappa shape index (κ1) is 14.5. The van der Waals surface area contributed by atoms with Gasteiger partial charge in [-0.05, 0) is 30.2 Å². The van der Waals surface area contributed by atoms with Crippen LogP contribution in [0.15, 0.2) is 47.9 Å². The lowest BCUT2D eigenvalue weighted by molar-refractivity contribution is 0.0950. The zero-order valence-electron chi connectivity index (χ0n) is 11.6. The average molecular weight is 284 g/mol. The van der Waals surface area contributed by atoms with Crippen molar-refractivity contribution in [3.63, 3.8) is 0 Å². The molecule has 108 valence electrons. The van der Waals surface area contributed by atoms with E-state index < -0.39 is 0 Å². The molecule has 1 aromatic heterocycles. The average Bonchev–Trinajstić information content (AvgIpc) is 2.52. The van der Waals surface area contributed by atoms with Gasteiger partial charge in [0.15, 0.2) is 5.84 Å². The smallest absolute Gasteiger partial charge is 0.253 e. The van der Waals surface area contributed by atoms with Gasteiger partial charge in [0.1, 0.15) is 0 Å². The number of hydrogen-bond acceptors (Lipinski definition) is 4. The molecule has 0 radical (unpaired) electrons. The predicted octanol–water partition coefficient (Wildman–Crippen LogP) is 1.41. The van der Waals surface area contributed by atoms with Gasteiger partial charge in [0.2, 0.25) is 0 Å². The van der Waals surface area contributed by atoms with Gasteiger partial charge < -0.3 is 16.3 Å². The first-order chi connectivity index (χ1) is 10.1. The Balaban J connectivity index is 2.05. The highest BCUT2D eigenvalue weighted by Gasteiger charge is 2.06. The monoisotopic (exact) mass is 284 g/mol. The maximum Gasteiger partial charge on any atom is 0.253 e. The molecule has 0 aliphatic rings. The lowest BCUT2D eigenvalue weighted by Gasteiger charge is -2.07. The van der Waals surface area contributed by atoms with Gasteiger partial charge in [0.25, 0.3) is 5.91 Å². The highest BCUT2D eigenvalue weighted by atomic mass is 16.4. The van der Waals surface area contributed by atoms with Crippen molar-refractivity contribution in [2.45, 2.75) is 13.5 Å². The number of nitrogens with two attached hydrogens (primary N) is 1. The van der Waals surface area contributed by atoms with Crippen LogP contribution in [0.25, 0.3) is 0 Å². The minimum atomic E-state index is -0.194. The summed E-state index contributed by atoms with van der Waals surface area (Å²) in [5.74, 6) is -0.161. The lowest BCUT2D eigenvalue weighted by Crippen LogP contribution is -2.23. The first-order valence-electron chi connectivity index (χ1n) is 6.37. The van der Waals surface area contributed by atoms with Crippen molar-refractivity contribution in [3.8, 4) is 0 Å². The summed E-state index contributed by atoms with van der Waals surface area (Å²) in [5, 5.41) is 14.4. The fourth-order valence-corrected chi connectivity index (χ4v) is 1.86. The van der Waals surface area contributed by atoms with Gasteiger partial charge in [-0.3, -0.25) is 9.78 Å². The quantitative estimate of drug-likeness (QED) is 0.342. The van der Waals surface area contributed by atoms with E-state index >= 15 is 0 Å². The molecule has 0 bridgehead atoms. The van der Waals surface area contributed by atoms with E-state index in [4.69, 9.17) is 10.9 Å². The zero-order chi connectivity index (χ0) is 15.2. The van der Waals surface area contributed by atoms with Crippen LogP contribution in [0.2, 0.25) is 0 Å². The molecule has 6 heteroatoms. The summed E-state index contributed by atoms with van der Waals surface area (Å²) in [6, 6.07) is 8.88. The molecule has 2 rings (SSSR count). The highest BCUT2D eigenvalue weighted by molar-refractivity contribution is 5.97. The third-order valence-corrected chi connectivity index (χ3v) is 2.92. The van der Waals surface area contributed by atoms with Crippen molar-refractivity contribution in [2.24, 2.45) is 10.9 Å². The number of nitrogens with zero attached hydrogens (tertiary/aromatic N) is 2. The number of amidine groups is 1. The molecule has 0 aliphatic carbocycles. The molecule has 2 aromatic rings. The van der Waals surface area contributed by atoms with Gasteiger partial charge in [-0.2, -0.15) is 0 Å². The number of rotatable bonds is 4. The van der Waals surface area contributed by atoms with E-state index in [1.54, 1.807) is 30.5 Å². The lowest BCUT2D eigenvalue weighted by atomic mass is 10.1. The maximum absolute atomic E-state index is 12.0. The zero-order valence-corrected chi connectivity index (χ0v) is 11.6. The minimum Gasteiger partial charge on any atom is -0.409 e. The van der Waals surface area contributed by atoms with E-state index in [9.17, 15) is 4.79 Å². The summed E-state index contributed by atoms with van der Waals surface area (Å²) in [4.78, 5) is 16.0. The summed E-state index contributed by atoms with van der Waals surface area (Å²) in [6.45, 7) is 2.23. The van der Waals surface area contributed by atoms with Crippen LogP contribution in [0.3, 0.4) is 0 Å². The maximum atomic E-state index is 12.0. The van der Waals surface area contributed by atoms with Crippen molar-refractivity contribution >= 4 is 11.7 Å². The largest absolute Gasteiger partial charge is 0.409 e. The van der Waals surface area contributed by atoms with Gasteiger partial charge in [-0.1, -0.05) is 23.4 Å². The normalized spacial score (nSPS) is 11.2. The summed E-state index contributed by atoms with van der Waals surface area (Å²) >= 11 is 0. The van der Waals surface area contributed by atoms with Crippen LogP contribution in [-0.2, 0) is 6.54 Å². The molecular formula is C15H16N4O2. The number of pyridine rings is 1. The van der Waals surface area contributed by atoms with Crippen molar-refractivity contribution in [1.82, 2.24) is 10.3 Å². The van der Waals surface area contributed by atoms with E-state index in [2.05, 4.69) is 15.5 Å². The summed E-state index contributed by atoms with van der Waals surface area (Å²) < 4.78 is 0. The van der Waals surface area contributed by atoms with E-state index in [1.807, 2.05) is 13.0 Å². The SMILES string of the molecule is Cc1cncc(C(=O)NCc2cccc(C(N)=NO)c2)c1. The second-order valence-corrected chi connectivity index (χ2v) is 4.62. The number of oxime groups is 1. The van der Waals surface area contributed by atoms with Crippen LogP contribution in [0.1, 0.15) is 27.0 Å². The number of carbonyl (C=O) groups is 1. The molecule has 0 atom stereocenters. The Kier molecular flexibility index (Phi) is 4.50. The second kappa shape index (κ2) is 6.51. The number of hydrogen-bond donors (Lipinski definition) is 3. The molecule has 21 heavy (non-hydrogen) atoms. The van der Waals surface area contributed by atoms with E-state index in [1.165, 1.54) is 6.20 Å². The number of benzene rings is 1. The Morgan fingerprint density at radius 1 is 1.33 bits per heavy atom. The third kappa shape index (κ3) is 3.79. The molecule has 0 aliphatic heterocycles. The van der Waals surface area contributed by atoms with Crippen LogP contribution in [0.4, 0.5) is 0 Å². The number of carbonyl (C=O) groups excluding carboxylic acids is 1. The van der Waals surface area contributed by atoms with E-state index in [0.717, 1.165) is 11.1 Å². The van der Waals surface area contributed by atoms with E-state index in [0.29, 0.717) is 17.7 Å². The Morgan fingerprint density at radius 2 is 2.14 bits per heavy atom. The van der Waals surface area contributed by atoms with Crippen molar-refractivity contribution in [3.05, 3.63) is 65.0 Å². The molecule has 0 fully saturated rings. The molecule has 6 nitrogen and oxygen atoms in total. The molecule has 1 amide bonds. The number of aryl methyl sites for hydroxylation is 1. The van der Waals surface area contributed by atoms with Crippen LogP contribution >= 0.6 is 0 Å². The molecular weight excluding hydrogens is 268 g/mol. The van der Waals surface area contributed by atoms with Crippen molar-refractivity contribution in [1.29, 1.82) is 0 Å². The van der Waals surface area contributed by atoms with Gasteiger partial charge in [0.05, 0.1) is 5.56 Å². The van der Waals surface area contributed by atoms with Crippen LogP contribution in [0.5, 0.6) is 0 Å².